The van der Waals surface area contributed by atoms with Crippen molar-refractivity contribution in [3.63, 3.8) is 0 Å². The van der Waals surface area contributed by atoms with Crippen LogP contribution in [-0.2, 0) is 9.59 Å². The SMILES string of the molecule is CCCCCCCCCCCCCCC([C]=O)C(=O)C(N)CCCCN. The number of hydrogen-bond donors (Lipinski definition) is 2. The van der Waals surface area contributed by atoms with Crippen molar-refractivity contribution in [2.75, 3.05) is 6.54 Å². The van der Waals surface area contributed by atoms with E-state index < -0.39 is 12.0 Å². The van der Waals surface area contributed by atoms with Crippen molar-refractivity contribution in [3.05, 3.63) is 0 Å². The molecule has 26 heavy (non-hydrogen) atoms. The van der Waals surface area contributed by atoms with Crippen LogP contribution in [0.1, 0.15) is 110 Å². The van der Waals surface area contributed by atoms with Gasteiger partial charge in [0.1, 0.15) is 0 Å². The Morgan fingerprint density at radius 3 is 1.69 bits per heavy atom. The topological polar surface area (TPSA) is 86.2 Å². The Balaban J connectivity index is 3.59. The Kier molecular flexibility index (Phi) is 18.5. The molecule has 0 heterocycles. The van der Waals surface area contributed by atoms with Crippen LogP contribution in [0.5, 0.6) is 0 Å². The first-order valence-electron chi connectivity index (χ1n) is 11.0. The smallest absolute Gasteiger partial charge is 0.209 e. The summed E-state index contributed by atoms with van der Waals surface area (Å²) >= 11 is 0. The fourth-order valence-corrected chi connectivity index (χ4v) is 3.36. The molecule has 1 radical (unpaired) electrons. The standard InChI is InChI=1S/C22H43N2O2/c1-2-3-4-5-6-7-8-9-10-11-12-13-16-20(19-25)22(26)21(24)17-14-15-18-23/h20-21H,2-18,23-24H2,1H3. The highest BCUT2D eigenvalue weighted by Gasteiger charge is 2.23. The minimum absolute atomic E-state index is 0.139. The Hall–Kier alpha value is -0.740. The van der Waals surface area contributed by atoms with Crippen LogP contribution in [-0.4, -0.2) is 24.7 Å². The van der Waals surface area contributed by atoms with E-state index in [1.165, 1.54) is 64.2 Å². The van der Waals surface area contributed by atoms with Crippen LogP contribution in [0.2, 0.25) is 0 Å². The maximum atomic E-state index is 12.2. The zero-order chi connectivity index (χ0) is 19.5. The highest BCUT2D eigenvalue weighted by Crippen LogP contribution is 2.16. The van der Waals surface area contributed by atoms with Crippen LogP contribution in [0, 0.1) is 5.92 Å². The summed E-state index contributed by atoms with van der Waals surface area (Å²) in [6, 6.07) is -0.537. The molecule has 2 unspecified atom stereocenters. The van der Waals surface area contributed by atoms with Crippen LogP contribution in [0.25, 0.3) is 0 Å². The molecule has 0 saturated carbocycles. The average molecular weight is 368 g/mol. The number of nitrogens with two attached hydrogens (primary N) is 2. The average Bonchev–Trinajstić information content (AvgIpc) is 2.65. The summed E-state index contributed by atoms with van der Waals surface area (Å²) in [4.78, 5) is 23.3. The number of carbonyl (C=O) groups is 1. The van der Waals surface area contributed by atoms with E-state index >= 15 is 0 Å². The maximum Gasteiger partial charge on any atom is 0.209 e. The Morgan fingerprint density at radius 1 is 0.769 bits per heavy atom. The zero-order valence-corrected chi connectivity index (χ0v) is 17.1. The molecule has 0 bridgehead atoms. The number of unbranched alkanes of at least 4 members (excludes halogenated alkanes) is 12. The lowest BCUT2D eigenvalue weighted by Gasteiger charge is -2.14. The van der Waals surface area contributed by atoms with Crippen molar-refractivity contribution in [1.82, 2.24) is 0 Å². The van der Waals surface area contributed by atoms with Gasteiger partial charge in [-0.05, 0) is 25.8 Å². The zero-order valence-electron chi connectivity index (χ0n) is 17.1. The van der Waals surface area contributed by atoms with E-state index in [-0.39, 0.29) is 5.78 Å². The highest BCUT2D eigenvalue weighted by atomic mass is 16.1. The Morgan fingerprint density at radius 2 is 1.23 bits per heavy atom. The second-order valence-corrected chi connectivity index (χ2v) is 7.64. The van der Waals surface area contributed by atoms with Crippen LogP contribution >= 0.6 is 0 Å². The fourth-order valence-electron chi connectivity index (χ4n) is 3.36. The van der Waals surface area contributed by atoms with Gasteiger partial charge in [0.05, 0.1) is 12.0 Å². The summed E-state index contributed by atoms with van der Waals surface area (Å²) < 4.78 is 0. The number of carbonyl (C=O) groups excluding carboxylic acids is 2. The van der Waals surface area contributed by atoms with Gasteiger partial charge in [-0.3, -0.25) is 9.59 Å². The third-order valence-electron chi connectivity index (χ3n) is 5.17. The van der Waals surface area contributed by atoms with Crippen molar-refractivity contribution in [1.29, 1.82) is 0 Å². The van der Waals surface area contributed by atoms with Crippen LogP contribution in [0.3, 0.4) is 0 Å². The molecule has 4 nitrogen and oxygen atoms in total. The second kappa shape index (κ2) is 19.0. The van der Waals surface area contributed by atoms with Gasteiger partial charge in [0.25, 0.3) is 0 Å². The molecule has 0 rings (SSSR count). The molecule has 0 aliphatic carbocycles. The largest absolute Gasteiger partial charge is 0.330 e. The molecule has 0 amide bonds. The van der Waals surface area contributed by atoms with E-state index in [0.29, 0.717) is 19.4 Å². The van der Waals surface area contributed by atoms with Crippen LogP contribution < -0.4 is 11.5 Å². The van der Waals surface area contributed by atoms with Crippen molar-refractivity contribution in [2.45, 2.75) is 116 Å². The van der Waals surface area contributed by atoms with E-state index in [1.807, 2.05) is 6.29 Å². The van der Waals surface area contributed by atoms with E-state index in [1.54, 1.807) is 0 Å². The second-order valence-electron chi connectivity index (χ2n) is 7.64. The summed E-state index contributed by atoms with van der Waals surface area (Å²) in [6.45, 7) is 2.87. The van der Waals surface area contributed by atoms with Gasteiger partial charge in [-0.1, -0.05) is 90.4 Å². The molecular formula is C22H43N2O2. The van der Waals surface area contributed by atoms with E-state index in [4.69, 9.17) is 11.5 Å². The molecular weight excluding hydrogens is 324 g/mol. The Bertz CT molecular complexity index is 334. The predicted molar refractivity (Wildman–Crippen MR) is 111 cm³/mol. The van der Waals surface area contributed by atoms with E-state index in [2.05, 4.69) is 6.92 Å². The molecule has 2 atom stereocenters. The first kappa shape index (κ1) is 25.3. The minimum atomic E-state index is -0.633. The summed E-state index contributed by atoms with van der Waals surface area (Å²) in [5.41, 5.74) is 11.3. The van der Waals surface area contributed by atoms with Gasteiger partial charge in [0, 0.05) is 0 Å². The normalized spacial score (nSPS) is 13.5. The molecule has 0 aromatic rings. The number of rotatable bonds is 20. The van der Waals surface area contributed by atoms with Crippen LogP contribution in [0.4, 0.5) is 0 Å². The number of Topliss-reactive ketones (excluding diaryl/α,β-unsaturated/α-hetero) is 1. The molecule has 0 aliphatic heterocycles. The number of hydrogen-bond acceptors (Lipinski definition) is 4. The van der Waals surface area contributed by atoms with Gasteiger partial charge < -0.3 is 11.5 Å². The third kappa shape index (κ3) is 14.4. The molecule has 0 spiro atoms. The van der Waals surface area contributed by atoms with Gasteiger partial charge in [-0.15, -0.1) is 0 Å². The summed E-state index contributed by atoms with van der Waals surface area (Å²) in [5.74, 6) is -0.772. The molecule has 0 aromatic heterocycles. The summed E-state index contributed by atoms with van der Waals surface area (Å²) in [7, 11) is 0. The highest BCUT2D eigenvalue weighted by molar-refractivity contribution is 5.96. The molecule has 4 heteroatoms. The lowest BCUT2D eigenvalue weighted by atomic mass is 9.91. The monoisotopic (exact) mass is 367 g/mol. The molecule has 0 saturated heterocycles. The predicted octanol–water partition coefficient (Wildman–Crippen LogP) is 4.83. The maximum absolute atomic E-state index is 12.2. The van der Waals surface area contributed by atoms with Gasteiger partial charge in [0.2, 0.25) is 6.29 Å². The molecule has 153 valence electrons. The van der Waals surface area contributed by atoms with Gasteiger partial charge in [-0.25, -0.2) is 0 Å². The third-order valence-corrected chi connectivity index (χ3v) is 5.17. The van der Waals surface area contributed by atoms with Crippen LogP contribution in [0.15, 0.2) is 0 Å². The van der Waals surface area contributed by atoms with Crippen molar-refractivity contribution in [2.24, 2.45) is 17.4 Å². The van der Waals surface area contributed by atoms with Gasteiger partial charge in [0.15, 0.2) is 5.78 Å². The molecule has 0 aromatic carbocycles. The quantitative estimate of drug-likeness (QED) is 0.238. The van der Waals surface area contributed by atoms with Crippen molar-refractivity contribution >= 4 is 12.1 Å². The summed E-state index contributed by atoms with van der Waals surface area (Å²) in [5, 5.41) is 0. The van der Waals surface area contributed by atoms with Gasteiger partial charge in [-0.2, -0.15) is 0 Å². The lowest BCUT2D eigenvalue weighted by Crippen LogP contribution is -2.36. The molecule has 0 aliphatic rings. The van der Waals surface area contributed by atoms with Crippen molar-refractivity contribution < 1.29 is 9.59 Å². The minimum Gasteiger partial charge on any atom is -0.330 e. The molecule has 4 N–H and O–H groups in total. The lowest BCUT2D eigenvalue weighted by molar-refractivity contribution is -0.122. The van der Waals surface area contributed by atoms with E-state index in [9.17, 15) is 9.59 Å². The molecule has 0 fully saturated rings. The Labute approximate surface area is 161 Å². The first-order valence-corrected chi connectivity index (χ1v) is 11.0. The first-order chi connectivity index (χ1) is 12.7. The fraction of sp³-hybridized carbons (Fsp3) is 0.909. The number of ketones is 1. The van der Waals surface area contributed by atoms with E-state index in [0.717, 1.165) is 25.7 Å². The van der Waals surface area contributed by atoms with Gasteiger partial charge >= 0.3 is 0 Å². The summed E-state index contributed by atoms with van der Waals surface area (Å²) in [6.07, 6.45) is 20.2. The van der Waals surface area contributed by atoms with Crippen molar-refractivity contribution in [3.8, 4) is 0 Å².